The average Bonchev–Trinajstić information content (AvgIpc) is 1.59. The molecule has 0 aliphatic rings. The summed E-state index contributed by atoms with van der Waals surface area (Å²) in [4.78, 5) is 15.4. The number of pyridine rings is 3. The fourth-order valence-corrected chi connectivity index (χ4v) is 15.1. The van der Waals surface area contributed by atoms with E-state index < -0.39 is 0 Å². The molecule has 0 aliphatic carbocycles. The minimum atomic E-state index is 0.847. The number of benzene rings is 13. The Labute approximate surface area is 594 Å². The van der Waals surface area contributed by atoms with E-state index in [1.54, 1.807) is 0 Å². The normalized spacial score (nSPS) is 11.5. The number of hydrogen-bond acceptors (Lipinski definition) is 3. The predicted octanol–water partition coefficient (Wildman–Crippen LogP) is 24.6. The Hall–Kier alpha value is -13.1. The third-order valence-electron chi connectivity index (χ3n) is 20.3. The molecule has 5 nitrogen and oxygen atoms in total. The highest BCUT2D eigenvalue weighted by molar-refractivity contribution is 6.12. The van der Waals surface area contributed by atoms with E-state index in [-0.39, 0.29) is 0 Å². The van der Waals surface area contributed by atoms with Crippen molar-refractivity contribution in [3.63, 3.8) is 0 Å². The minimum Gasteiger partial charge on any atom is -0.309 e. The minimum absolute atomic E-state index is 0.847. The van der Waals surface area contributed by atoms with Crippen molar-refractivity contribution in [2.75, 3.05) is 0 Å². The summed E-state index contributed by atoms with van der Waals surface area (Å²) in [5.41, 5.74) is 32.2. The zero-order chi connectivity index (χ0) is 67.7. The van der Waals surface area contributed by atoms with Gasteiger partial charge in [-0.05, 0) is 206 Å². The fourth-order valence-electron chi connectivity index (χ4n) is 15.1. The Morgan fingerprint density at radius 2 is 0.520 bits per heavy atom. The van der Waals surface area contributed by atoms with E-state index in [1.165, 1.54) is 105 Å². The van der Waals surface area contributed by atoms with Crippen molar-refractivity contribution in [2.45, 2.75) is 25.7 Å². The molecule has 102 heavy (non-hydrogen) atoms. The molecular formula is C97H69N5. The third kappa shape index (κ3) is 12.1. The van der Waals surface area contributed by atoms with Gasteiger partial charge in [0.25, 0.3) is 0 Å². The van der Waals surface area contributed by atoms with Crippen molar-refractivity contribution in [2.24, 2.45) is 0 Å². The van der Waals surface area contributed by atoms with Crippen LogP contribution >= 0.6 is 0 Å². The molecule has 5 heterocycles. The van der Waals surface area contributed by atoms with Crippen LogP contribution in [0.1, 0.15) is 22.3 Å². The van der Waals surface area contributed by atoms with Crippen LogP contribution < -0.4 is 0 Å². The highest BCUT2D eigenvalue weighted by Gasteiger charge is 2.18. The van der Waals surface area contributed by atoms with Crippen molar-refractivity contribution >= 4 is 43.6 Å². The lowest BCUT2D eigenvalue weighted by molar-refractivity contribution is 0.923. The Bertz CT molecular complexity index is 5810. The van der Waals surface area contributed by atoms with Gasteiger partial charge >= 0.3 is 0 Å². The maximum Gasteiger partial charge on any atom is 0.0702 e. The van der Waals surface area contributed by atoms with Gasteiger partial charge in [0, 0.05) is 73.8 Å². The molecule has 18 rings (SSSR count). The fraction of sp³-hybridized carbons (Fsp3) is 0.0412. The second-order valence-corrected chi connectivity index (χ2v) is 26.6. The molecular weight excluding hydrogens is 1240 g/mol. The first kappa shape index (κ1) is 61.3. The lowest BCUT2D eigenvalue weighted by Gasteiger charge is -2.15. The first-order valence-corrected chi connectivity index (χ1v) is 35.3. The number of aromatic nitrogens is 5. The SMILES string of the molecule is c1ccc(-c2ccc(-c3cccc(-c4ccc(-c5ccccc5-c5cc(CCc6ccc(-c7cccc(-c8ccc9c(c8)c8ccccc8n9-c8ccccc8)c7)nc6)cc(CCc6ccc(-c7cccc(-c8ccc9c(c8)c8ccccc8n9-c8ccccc8)c7)nc6)c5)cn4)c3)cc2)cc1. The first-order valence-electron chi connectivity index (χ1n) is 35.3. The molecule has 0 radical (unpaired) electrons. The summed E-state index contributed by atoms with van der Waals surface area (Å²) in [6, 6.07) is 127. The number of nitrogens with zero attached hydrogens (tertiary/aromatic N) is 5. The van der Waals surface area contributed by atoms with Crippen LogP contribution in [0.25, 0.3) is 156 Å². The van der Waals surface area contributed by atoms with Gasteiger partial charge in [-0.25, -0.2) is 0 Å². The van der Waals surface area contributed by atoms with Gasteiger partial charge in [-0.15, -0.1) is 0 Å². The molecule has 0 saturated heterocycles. The molecule has 0 bridgehead atoms. The lowest BCUT2D eigenvalue weighted by Crippen LogP contribution is -1.99. The topological polar surface area (TPSA) is 48.5 Å². The summed E-state index contributed by atoms with van der Waals surface area (Å²) >= 11 is 0. The van der Waals surface area contributed by atoms with Crippen molar-refractivity contribution in [3.8, 4) is 112 Å². The van der Waals surface area contributed by atoms with Gasteiger partial charge in [0.2, 0.25) is 0 Å². The van der Waals surface area contributed by atoms with Crippen LogP contribution in [0.4, 0.5) is 0 Å². The van der Waals surface area contributed by atoms with Crippen LogP contribution in [-0.2, 0) is 25.7 Å². The van der Waals surface area contributed by atoms with Crippen LogP contribution in [0, 0.1) is 0 Å². The molecule has 0 saturated carbocycles. The van der Waals surface area contributed by atoms with Crippen LogP contribution in [0.2, 0.25) is 0 Å². The number of para-hydroxylation sites is 4. The van der Waals surface area contributed by atoms with Gasteiger partial charge in [-0.3, -0.25) is 15.0 Å². The summed E-state index contributed by atoms with van der Waals surface area (Å²) in [5, 5.41) is 4.96. The monoisotopic (exact) mass is 1300 g/mol. The van der Waals surface area contributed by atoms with Gasteiger partial charge in [0.15, 0.2) is 0 Å². The summed E-state index contributed by atoms with van der Waals surface area (Å²) in [6.45, 7) is 0. The molecule has 0 N–H and O–H groups in total. The average molecular weight is 1300 g/mol. The number of hydrogen-bond donors (Lipinski definition) is 0. The predicted molar refractivity (Wildman–Crippen MR) is 425 cm³/mol. The van der Waals surface area contributed by atoms with Crippen molar-refractivity contribution in [1.29, 1.82) is 0 Å². The molecule has 5 aromatic heterocycles. The third-order valence-corrected chi connectivity index (χ3v) is 20.3. The highest BCUT2D eigenvalue weighted by Crippen LogP contribution is 2.40. The van der Waals surface area contributed by atoms with Crippen molar-refractivity contribution < 1.29 is 0 Å². The summed E-state index contributed by atoms with van der Waals surface area (Å²) < 4.78 is 4.73. The highest BCUT2D eigenvalue weighted by atomic mass is 15.0. The zero-order valence-corrected chi connectivity index (χ0v) is 56.3. The standard InChI is InChI=1S/C97H69N5/c1-4-19-70(20-5-1)71-43-45-72(46-44-71)73-21-16-24-78(58-73)93-52-47-81(65-100-93)85-31-10-11-32-86(85)82-56-68(39-37-66-41-50-91(98-63-66)79-25-17-22-74(59-79)76-48-53-96-89(61-76)87-33-12-14-35-94(87)101(96)83-27-6-2-7-28-83)55-69(57-82)40-38-67-42-51-92(99-64-67)80-26-18-23-75(60-80)77-49-54-97-90(62-77)88-34-13-15-36-95(88)102(97)84-29-8-3-9-30-84/h1-36,41-65H,37-40H2. The number of aryl methyl sites for hydroxylation is 4. The van der Waals surface area contributed by atoms with Gasteiger partial charge in [-0.2, -0.15) is 0 Å². The molecule has 5 heteroatoms. The Balaban J connectivity index is 0.613. The van der Waals surface area contributed by atoms with E-state index >= 15 is 0 Å². The van der Waals surface area contributed by atoms with E-state index in [1.807, 2.05) is 6.20 Å². The molecule has 0 aliphatic heterocycles. The van der Waals surface area contributed by atoms with E-state index in [9.17, 15) is 0 Å². The Kier molecular flexibility index (Phi) is 16.2. The summed E-state index contributed by atoms with van der Waals surface area (Å²) in [7, 11) is 0. The zero-order valence-electron chi connectivity index (χ0n) is 56.3. The quantitative estimate of drug-likeness (QED) is 0.0913. The molecule has 482 valence electrons. The van der Waals surface area contributed by atoms with E-state index in [4.69, 9.17) is 15.0 Å². The Morgan fingerprint density at radius 1 is 0.186 bits per heavy atom. The van der Waals surface area contributed by atoms with Crippen LogP contribution in [0.5, 0.6) is 0 Å². The molecule has 0 atom stereocenters. The Morgan fingerprint density at radius 3 is 0.980 bits per heavy atom. The smallest absolute Gasteiger partial charge is 0.0702 e. The second kappa shape index (κ2) is 27.0. The first-order chi connectivity index (χ1) is 50.5. The lowest BCUT2D eigenvalue weighted by atomic mass is 9.90. The molecule has 18 aromatic rings. The number of fused-ring (bicyclic) bond motifs is 6. The van der Waals surface area contributed by atoms with Crippen molar-refractivity contribution in [1.82, 2.24) is 24.1 Å². The van der Waals surface area contributed by atoms with Gasteiger partial charge in [-0.1, -0.05) is 255 Å². The van der Waals surface area contributed by atoms with Gasteiger partial charge in [0.05, 0.1) is 39.1 Å². The van der Waals surface area contributed by atoms with E-state index in [0.717, 1.165) is 98.6 Å². The van der Waals surface area contributed by atoms with Gasteiger partial charge in [0.1, 0.15) is 0 Å². The van der Waals surface area contributed by atoms with Gasteiger partial charge < -0.3 is 9.13 Å². The molecule has 0 amide bonds. The van der Waals surface area contributed by atoms with E-state index in [2.05, 4.69) is 373 Å². The molecule has 0 fully saturated rings. The van der Waals surface area contributed by atoms with Crippen LogP contribution in [0.15, 0.2) is 370 Å². The molecule has 0 unspecified atom stereocenters. The van der Waals surface area contributed by atoms with E-state index in [0.29, 0.717) is 0 Å². The second-order valence-electron chi connectivity index (χ2n) is 26.6. The summed E-state index contributed by atoms with van der Waals surface area (Å²) in [5.74, 6) is 0. The molecule has 0 spiro atoms. The largest absolute Gasteiger partial charge is 0.309 e. The van der Waals surface area contributed by atoms with Crippen LogP contribution in [-0.4, -0.2) is 24.1 Å². The summed E-state index contributed by atoms with van der Waals surface area (Å²) in [6.07, 6.45) is 9.59. The number of rotatable bonds is 17. The van der Waals surface area contributed by atoms with Crippen LogP contribution in [0.3, 0.4) is 0 Å². The maximum absolute atomic E-state index is 5.14. The maximum atomic E-state index is 5.14. The molecule has 13 aromatic carbocycles. The van der Waals surface area contributed by atoms with Crippen molar-refractivity contribution in [3.05, 3.63) is 393 Å².